The van der Waals surface area contributed by atoms with Crippen LogP contribution in [0.3, 0.4) is 0 Å². The highest BCUT2D eigenvalue weighted by Crippen LogP contribution is 2.13. The zero-order valence-electron chi connectivity index (χ0n) is 10.9. The van der Waals surface area contributed by atoms with Crippen molar-refractivity contribution in [3.8, 4) is 0 Å². The van der Waals surface area contributed by atoms with Crippen molar-refractivity contribution in [3.05, 3.63) is 28.5 Å². The summed E-state index contributed by atoms with van der Waals surface area (Å²) in [4.78, 5) is 6.74. The lowest BCUT2D eigenvalue weighted by molar-refractivity contribution is -0.0373. The van der Waals surface area contributed by atoms with Crippen molar-refractivity contribution in [1.82, 2.24) is 15.2 Å². The number of nitrogens with one attached hydrogen (secondary N) is 1. The predicted octanol–water partition coefficient (Wildman–Crippen LogP) is 1.31. The van der Waals surface area contributed by atoms with Gasteiger partial charge in [0.2, 0.25) is 0 Å². The Bertz CT molecular complexity index is 371. The molecule has 5 heteroatoms. The van der Waals surface area contributed by atoms with Crippen LogP contribution in [0.2, 0.25) is 0 Å². The molecule has 0 saturated carbocycles. The largest absolute Gasteiger partial charge is 0.374 e. The first kappa shape index (κ1) is 13.9. The van der Waals surface area contributed by atoms with Crippen molar-refractivity contribution < 1.29 is 4.74 Å². The summed E-state index contributed by atoms with van der Waals surface area (Å²) in [5.74, 6) is 0. The monoisotopic (exact) mass is 313 g/mol. The van der Waals surface area contributed by atoms with Crippen LogP contribution in [0.4, 0.5) is 0 Å². The van der Waals surface area contributed by atoms with Crippen LogP contribution in [-0.4, -0.2) is 55.8 Å². The first-order valence-corrected chi connectivity index (χ1v) is 7.06. The third-order valence-corrected chi connectivity index (χ3v) is 3.80. The van der Waals surface area contributed by atoms with Gasteiger partial charge in [0.25, 0.3) is 0 Å². The molecule has 2 heterocycles. The molecule has 100 valence electrons. The minimum atomic E-state index is 0.235. The van der Waals surface area contributed by atoms with Gasteiger partial charge in [-0.2, -0.15) is 0 Å². The highest BCUT2D eigenvalue weighted by molar-refractivity contribution is 9.10. The summed E-state index contributed by atoms with van der Waals surface area (Å²) in [7, 11) is 4.13. The molecular formula is C13H20BrN3O. The standard InChI is InChI=1S/C13H20BrN3O/c1-15-12(13-9-17(2)5-6-18-13)7-11-4-3-10(14)8-16-11/h3-4,8,12-13,15H,5-7,9H2,1-2H3. The maximum Gasteiger partial charge on any atom is 0.0858 e. The lowest BCUT2D eigenvalue weighted by Crippen LogP contribution is -2.51. The Kier molecular flexibility index (Phi) is 5.12. The first-order valence-electron chi connectivity index (χ1n) is 6.27. The molecule has 2 atom stereocenters. The van der Waals surface area contributed by atoms with Gasteiger partial charge in [-0.05, 0) is 42.2 Å². The average Bonchev–Trinajstić information content (AvgIpc) is 2.38. The number of aromatic nitrogens is 1. The van der Waals surface area contributed by atoms with Crippen LogP contribution in [0.1, 0.15) is 5.69 Å². The maximum absolute atomic E-state index is 5.86. The summed E-state index contributed by atoms with van der Waals surface area (Å²) < 4.78 is 6.87. The second kappa shape index (κ2) is 6.61. The molecule has 0 aliphatic carbocycles. The zero-order valence-corrected chi connectivity index (χ0v) is 12.5. The molecule has 1 aliphatic rings. The molecule has 1 N–H and O–H groups in total. The number of nitrogens with zero attached hydrogens (tertiary/aromatic N) is 2. The van der Waals surface area contributed by atoms with E-state index in [0.717, 1.165) is 36.3 Å². The van der Waals surface area contributed by atoms with Gasteiger partial charge in [0, 0.05) is 41.9 Å². The highest BCUT2D eigenvalue weighted by atomic mass is 79.9. The van der Waals surface area contributed by atoms with Gasteiger partial charge in [0.05, 0.1) is 12.7 Å². The Labute approximate surface area is 117 Å². The molecule has 1 aromatic rings. The highest BCUT2D eigenvalue weighted by Gasteiger charge is 2.26. The fourth-order valence-corrected chi connectivity index (χ4v) is 2.46. The van der Waals surface area contributed by atoms with Gasteiger partial charge in [0.1, 0.15) is 0 Å². The van der Waals surface area contributed by atoms with E-state index in [9.17, 15) is 0 Å². The van der Waals surface area contributed by atoms with Crippen LogP contribution >= 0.6 is 15.9 Å². The van der Waals surface area contributed by atoms with E-state index in [0.29, 0.717) is 6.04 Å². The van der Waals surface area contributed by atoms with Crippen LogP contribution < -0.4 is 5.32 Å². The second-order valence-electron chi connectivity index (χ2n) is 4.74. The number of likely N-dealkylation sites (N-methyl/N-ethyl adjacent to an activating group) is 2. The average molecular weight is 314 g/mol. The Hall–Kier alpha value is -0.490. The number of rotatable bonds is 4. The van der Waals surface area contributed by atoms with E-state index in [2.05, 4.69) is 44.2 Å². The van der Waals surface area contributed by atoms with Crippen molar-refractivity contribution in [2.45, 2.75) is 18.6 Å². The number of pyridine rings is 1. The van der Waals surface area contributed by atoms with Crippen LogP contribution in [0.5, 0.6) is 0 Å². The lowest BCUT2D eigenvalue weighted by atomic mass is 10.0. The van der Waals surface area contributed by atoms with E-state index in [1.807, 2.05) is 19.3 Å². The Morgan fingerprint density at radius 3 is 3.06 bits per heavy atom. The number of halogens is 1. The van der Waals surface area contributed by atoms with Crippen LogP contribution in [0.25, 0.3) is 0 Å². The topological polar surface area (TPSA) is 37.4 Å². The molecule has 2 unspecified atom stereocenters. The van der Waals surface area contributed by atoms with E-state index in [-0.39, 0.29) is 6.10 Å². The molecule has 18 heavy (non-hydrogen) atoms. The minimum absolute atomic E-state index is 0.235. The second-order valence-corrected chi connectivity index (χ2v) is 5.65. The van der Waals surface area contributed by atoms with E-state index in [1.54, 1.807) is 0 Å². The third kappa shape index (κ3) is 3.75. The van der Waals surface area contributed by atoms with Crippen LogP contribution in [0.15, 0.2) is 22.8 Å². The molecule has 1 fully saturated rings. The van der Waals surface area contributed by atoms with Gasteiger partial charge >= 0.3 is 0 Å². The van der Waals surface area contributed by atoms with E-state index >= 15 is 0 Å². The summed E-state index contributed by atoms with van der Waals surface area (Å²) in [6.07, 6.45) is 2.97. The zero-order chi connectivity index (χ0) is 13.0. The summed E-state index contributed by atoms with van der Waals surface area (Å²) in [5, 5.41) is 3.35. The molecule has 1 aliphatic heterocycles. The number of ether oxygens (including phenoxy) is 1. The number of morpholine rings is 1. The normalized spacial score (nSPS) is 22.9. The van der Waals surface area contributed by atoms with Crippen molar-refractivity contribution in [2.24, 2.45) is 0 Å². The van der Waals surface area contributed by atoms with Gasteiger partial charge in [-0.25, -0.2) is 0 Å². The first-order chi connectivity index (χ1) is 8.69. The maximum atomic E-state index is 5.86. The van der Waals surface area contributed by atoms with Crippen molar-refractivity contribution in [2.75, 3.05) is 33.8 Å². The Morgan fingerprint density at radius 1 is 1.61 bits per heavy atom. The van der Waals surface area contributed by atoms with Crippen LogP contribution in [0, 0.1) is 0 Å². The van der Waals surface area contributed by atoms with E-state index < -0.39 is 0 Å². The van der Waals surface area contributed by atoms with Gasteiger partial charge in [-0.15, -0.1) is 0 Å². The van der Waals surface area contributed by atoms with E-state index in [1.165, 1.54) is 0 Å². The SMILES string of the molecule is CNC(Cc1ccc(Br)cn1)C1CN(C)CCO1. The molecule has 0 aromatic carbocycles. The molecule has 0 spiro atoms. The number of hydrogen-bond donors (Lipinski definition) is 1. The molecule has 2 rings (SSSR count). The van der Waals surface area contributed by atoms with Gasteiger partial charge in [-0.3, -0.25) is 4.98 Å². The fourth-order valence-electron chi connectivity index (χ4n) is 2.23. The summed E-state index contributed by atoms with van der Waals surface area (Å²) >= 11 is 3.40. The van der Waals surface area contributed by atoms with Gasteiger partial charge in [-0.1, -0.05) is 0 Å². The van der Waals surface area contributed by atoms with Crippen LogP contribution in [-0.2, 0) is 11.2 Å². The van der Waals surface area contributed by atoms with Crippen molar-refractivity contribution >= 4 is 15.9 Å². The molecule has 0 radical (unpaired) electrons. The Morgan fingerprint density at radius 2 is 2.44 bits per heavy atom. The molecule has 4 nitrogen and oxygen atoms in total. The molecule has 0 amide bonds. The smallest absolute Gasteiger partial charge is 0.0858 e. The third-order valence-electron chi connectivity index (χ3n) is 3.33. The van der Waals surface area contributed by atoms with Crippen molar-refractivity contribution in [3.63, 3.8) is 0 Å². The summed E-state index contributed by atoms with van der Waals surface area (Å²) in [6, 6.07) is 4.39. The predicted molar refractivity (Wildman–Crippen MR) is 75.7 cm³/mol. The molecular weight excluding hydrogens is 294 g/mol. The minimum Gasteiger partial charge on any atom is -0.374 e. The quantitative estimate of drug-likeness (QED) is 0.909. The van der Waals surface area contributed by atoms with E-state index in [4.69, 9.17) is 4.74 Å². The fraction of sp³-hybridized carbons (Fsp3) is 0.615. The molecule has 0 bridgehead atoms. The molecule has 1 saturated heterocycles. The summed E-state index contributed by atoms with van der Waals surface area (Å²) in [5.41, 5.74) is 1.09. The summed E-state index contributed by atoms with van der Waals surface area (Å²) in [6.45, 7) is 2.80. The van der Waals surface area contributed by atoms with Gasteiger partial charge < -0.3 is 15.0 Å². The van der Waals surface area contributed by atoms with Gasteiger partial charge in [0.15, 0.2) is 0 Å². The van der Waals surface area contributed by atoms with Crippen molar-refractivity contribution in [1.29, 1.82) is 0 Å². The molecule has 1 aromatic heterocycles. The Balaban J connectivity index is 1.98. The number of hydrogen-bond acceptors (Lipinski definition) is 4. The lowest BCUT2D eigenvalue weighted by Gasteiger charge is -2.35.